The summed E-state index contributed by atoms with van der Waals surface area (Å²) in [6.45, 7) is 0.830. The number of benzene rings is 2. The molecule has 0 aliphatic carbocycles. The molecule has 2 fully saturated rings. The van der Waals surface area contributed by atoms with Crippen LogP contribution in [0.5, 0.6) is 0 Å². The van der Waals surface area contributed by atoms with Gasteiger partial charge in [-0.05, 0) is 49.2 Å². The molecule has 2 aliphatic rings. The van der Waals surface area contributed by atoms with Crippen LogP contribution in [0.1, 0.15) is 18.4 Å². The number of carbonyl (C=O) groups excluding carboxylic acids is 3. The second-order valence-electron chi connectivity index (χ2n) is 7.53. The van der Waals surface area contributed by atoms with E-state index < -0.39 is 11.6 Å². The number of piperidine rings is 1. The summed E-state index contributed by atoms with van der Waals surface area (Å²) in [7, 11) is 0. The molecular formula is C23H21F2N3O3. The first-order valence-electron chi connectivity index (χ1n) is 10.0. The number of rotatable bonds is 4. The molecule has 0 atom stereocenters. The van der Waals surface area contributed by atoms with E-state index in [0.29, 0.717) is 31.6 Å². The number of para-hydroxylation sites is 1. The molecule has 0 spiro atoms. The Morgan fingerprint density at radius 3 is 2.42 bits per heavy atom. The Labute approximate surface area is 178 Å². The fraction of sp³-hybridized carbons (Fsp3) is 0.261. The minimum Gasteiger partial charge on any atom is -0.339 e. The molecule has 4 amide bonds. The van der Waals surface area contributed by atoms with Gasteiger partial charge >= 0.3 is 6.03 Å². The zero-order valence-corrected chi connectivity index (χ0v) is 16.7. The van der Waals surface area contributed by atoms with Crippen molar-refractivity contribution in [3.63, 3.8) is 0 Å². The molecule has 0 unspecified atom stereocenters. The fourth-order valence-electron chi connectivity index (χ4n) is 3.94. The molecule has 0 radical (unpaired) electrons. The predicted octanol–water partition coefficient (Wildman–Crippen LogP) is 3.44. The summed E-state index contributed by atoms with van der Waals surface area (Å²) in [5, 5.41) is 0. The van der Waals surface area contributed by atoms with Crippen molar-refractivity contribution in [2.45, 2.75) is 18.9 Å². The number of anilines is 1. The molecule has 2 aromatic rings. The topological polar surface area (TPSA) is 60.9 Å². The number of imide groups is 1. The van der Waals surface area contributed by atoms with Gasteiger partial charge in [-0.15, -0.1) is 0 Å². The number of urea groups is 1. The number of hydrogen-bond donors (Lipinski definition) is 0. The van der Waals surface area contributed by atoms with Crippen molar-refractivity contribution in [3.05, 3.63) is 71.8 Å². The monoisotopic (exact) mass is 425 g/mol. The smallest absolute Gasteiger partial charge is 0.332 e. The molecule has 8 heteroatoms. The second-order valence-corrected chi connectivity index (χ2v) is 7.53. The first kappa shape index (κ1) is 20.7. The summed E-state index contributed by atoms with van der Waals surface area (Å²) in [6.07, 6.45) is 3.55. The largest absolute Gasteiger partial charge is 0.339 e. The van der Waals surface area contributed by atoms with Crippen LogP contribution < -0.4 is 4.90 Å². The van der Waals surface area contributed by atoms with Crippen LogP contribution in [0.15, 0.2) is 54.6 Å². The standard InChI is InChI=1S/C23H21F2N3O3/c24-17-7-8-20(25)16(14-17)6-9-21(29)26-12-10-18(11-13-26)27-15-22(30)28(23(27)31)19-4-2-1-3-5-19/h1-9,14,18H,10-13,15H2. The van der Waals surface area contributed by atoms with Crippen molar-refractivity contribution in [3.8, 4) is 0 Å². The van der Waals surface area contributed by atoms with Crippen LogP contribution in [-0.2, 0) is 9.59 Å². The highest BCUT2D eigenvalue weighted by Crippen LogP contribution is 2.26. The zero-order chi connectivity index (χ0) is 22.0. The molecular weight excluding hydrogens is 404 g/mol. The van der Waals surface area contributed by atoms with Crippen molar-refractivity contribution in [1.82, 2.24) is 9.80 Å². The third-order valence-corrected chi connectivity index (χ3v) is 5.59. The molecule has 0 N–H and O–H groups in total. The molecule has 4 rings (SSSR count). The number of amides is 4. The Kier molecular flexibility index (Phi) is 5.79. The van der Waals surface area contributed by atoms with E-state index >= 15 is 0 Å². The van der Waals surface area contributed by atoms with E-state index in [2.05, 4.69) is 0 Å². The minimum atomic E-state index is -0.607. The number of carbonyl (C=O) groups is 3. The molecule has 0 bridgehead atoms. The average molecular weight is 425 g/mol. The highest BCUT2D eigenvalue weighted by Gasteiger charge is 2.41. The summed E-state index contributed by atoms with van der Waals surface area (Å²) in [5.74, 6) is -1.76. The van der Waals surface area contributed by atoms with Crippen LogP contribution in [0.3, 0.4) is 0 Å². The molecule has 2 saturated heterocycles. The van der Waals surface area contributed by atoms with Gasteiger partial charge < -0.3 is 9.80 Å². The van der Waals surface area contributed by atoms with Gasteiger partial charge in [0.15, 0.2) is 0 Å². The first-order chi connectivity index (χ1) is 14.9. The van der Waals surface area contributed by atoms with Gasteiger partial charge in [0.1, 0.15) is 18.2 Å². The van der Waals surface area contributed by atoms with Gasteiger partial charge in [0.05, 0.1) is 5.69 Å². The highest BCUT2D eigenvalue weighted by atomic mass is 19.1. The lowest BCUT2D eigenvalue weighted by Gasteiger charge is -2.35. The Morgan fingerprint density at radius 2 is 1.71 bits per heavy atom. The maximum atomic E-state index is 13.7. The Bertz CT molecular complexity index is 1030. The average Bonchev–Trinajstić information content (AvgIpc) is 3.08. The van der Waals surface area contributed by atoms with Gasteiger partial charge in [-0.1, -0.05) is 18.2 Å². The summed E-state index contributed by atoms with van der Waals surface area (Å²) < 4.78 is 27.0. The van der Waals surface area contributed by atoms with E-state index in [1.807, 2.05) is 6.07 Å². The van der Waals surface area contributed by atoms with Crippen LogP contribution in [0.25, 0.3) is 6.08 Å². The third kappa shape index (κ3) is 4.33. The molecule has 31 heavy (non-hydrogen) atoms. The number of nitrogens with zero attached hydrogens (tertiary/aromatic N) is 3. The second kappa shape index (κ2) is 8.67. The van der Waals surface area contributed by atoms with Gasteiger partial charge in [0.2, 0.25) is 5.91 Å². The van der Waals surface area contributed by atoms with Crippen molar-refractivity contribution in [1.29, 1.82) is 0 Å². The van der Waals surface area contributed by atoms with Crippen molar-refractivity contribution in [2.75, 3.05) is 24.5 Å². The lowest BCUT2D eigenvalue weighted by Crippen LogP contribution is -2.47. The molecule has 2 aromatic carbocycles. The maximum absolute atomic E-state index is 13.7. The van der Waals surface area contributed by atoms with Crippen LogP contribution in [-0.4, -0.2) is 53.3 Å². The Morgan fingerprint density at radius 1 is 1.00 bits per heavy atom. The number of halogens is 2. The normalized spacial score (nSPS) is 17.8. The minimum absolute atomic E-state index is 0.00501. The Hall–Kier alpha value is -3.55. The van der Waals surface area contributed by atoms with Crippen molar-refractivity contribution >= 4 is 29.6 Å². The van der Waals surface area contributed by atoms with Crippen LogP contribution in [0, 0.1) is 11.6 Å². The van der Waals surface area contributed by atoms with Gasteiger partial charge in [-0.25, -0.2) is 18.5 Å². The molecule has 0 aromatic heterocycles. The third-order valence-electron chi connectivity index (χ3n) is 5.59. The molecule has 2 aliphatic heterocycles. The van der Waals surface area contributed by atoms with E-state index in [-0.39, 0.29) is 36.0 Å². The molecule has 2 heterocycles. The number of hydrogen-bond acceptors (Lipinski definition) is 3. The molecule has 6 nitrogen and oxygen atoms in total. The van der Waals surface area contributed by atoms with Gasteiger partial charge in [-0.3, -0.25) is 9.59 Å². The van der Waals surface area contributed by atoms with Crippen LogP contribution in [0.4, 0.5) is 19.3 Å². The molecule has 160 valence electrons. The predicted molar refractivity (Wildman–Crippen MR) is 111 cm³/mol. The summed E-state index contributed by atoms with van der Waals surface area (Å²) >= 11 is 0. The maximum Gasteiger partial charge on any atom is 0.332 e. The number of likely N-dealkylation sites (tertiary alicyclic amines) is 1. The summed E-state index contributed by atoms with van der Waals surface area (Å²) in [6, 6.07) is 11.4. The van der Waals surface area contributed by atoms with E-state index in [1.54, 1.807) is 34.1 Å². The van der Waals surface area contributed by atoms with E-state index in [1.165, 1.54) is 17.1 Å². The van der Waals surface area contributed by atoms with Crippen LogP contribution in [0.2, 0.25) is 0 Å². The van der Waals surface area contributed by atoms with E-state index in [0.717, 1.165) is 18.2 Å². The zero-order valence-electron chi connectivity index (χ0n) is 16.7. The summed E-state index contributed by atoms with van der Waals surface area (Å²) in [5.41, 5.74) is 0.549. The van der Waals surface area contributed by atoms with Gasteiger partial charge in [0.25, 0.3) is 5.91 Å². The lowest BCUT2D eigenvalue weighted by molar-refractivity contribution is -0.127. The highest BCUT2D eigenvalue weighted by molar-refractivity contribution is 6.19. The lowest BCUT2D eigenvalue weighted by atomic mass is 10.0. The van der Waals surface area contributed by atoms with Crippen LogP contribution >= 0.6 is 0 Å². The molecule has 0 saturated carbocycles. The first-order valence-corrected chi connectivity index (χ1v) is 10.0. The Balaban J connectivity index is 1.36. The quantitative estimate of drug-likeness (QED) is 0.557. The SMILES string of the molecule is O=C(C=Cc1cc(F)ccc1F)N1CCC(N2CC(=O)N(c3ccccc3)C2=O)CC1. The fourth-order valence-corrected chi connectivity index (χ4v) is 3.94. The van der Waals surface area contributed by atoms with Gasteiger partial charge in [-0.2, -0.15) is 0 Å². The van der Waals surface area contributed by atoms with Crippen molar-refractivity contribution in [2.24, 2.45) is 0 Å². The summed E-state index contributed by atoms with van der Waals surface area (Å²) in [4.78, 5) is 42.0. The van der Waals surface area contributed by atoms with Crippen molar-refractivity contribution < 1.29 is 23.2 Å². The van der Waals surface area contributed by atoms with Gasteiger partial charge in [0, 0.05) is 30.8 Å². The van der Waals surface area contributed by atoms with E-state index in [4.69, 9.17) is 0 Å². The van der Waals surface area contributed by atoms with E-state index in [9.17, 15) is 23.2 Å².